The number of imidazole rings is 1. The Balaban J connectivity index is 1.62. The van der Waals surface area contributed by atoms with Crippen molar-refractivity contribution < 1.29 is 9.90 Å². The van der Waals surface area contributed by atoms with Gasteiger partial charge in [-0.3, -0.25) is 14.7 Å². The first-order valence-electron chi connectivity index (χ1n) is 8.82. The van der Waals surface area contributed by atoms with Gasteiger partial charge in [0.1, 0.15) is 5.52 Å². The summed E-state index contributed by atoms with van der Waals surface area (Å²) in [4.78, 5) is 21.6. The van der Waals surface area contributed by atoms with Gasteiger partial charge in [-0.1, -0.05) is 0 Å². The zero-order chi connectivity index (χ0) is 16.9. The minimum Gasteiger partial charge on any atom is -0.389 e. The van der Waals surface area contributed by atoms with Crippen molar-refractivity contribution in [3.8, 4) is 0 Å². The predicted octanol–water partition coefficient (Wildman–Crippen LogP) is 2.95. The van der Waals surface area contributed by atoms with Crippen LogP contribution in [-0.4, -0.2) is 31.1 Å². The van der Waals surface area contributed by atoms with E-state index in [4.69, 9.17) is 0 Å². The third-order valence-corrected chi connectivity index (χ3v) is 5.34. The van der Waals surface area contributed by atoms with Crippen LogP contribution in [0.3, 0.4) is 0 Å². The largest absolute Gasteiger partial charge is 0.389 e. The monoisotopic (exact) mass is 328 g/mol. The van der Waals surface area contributed by atoms with E-state index in [1.54, 1.807) is 6.92 Å². The first-order valence-corrected chi connectivity index (χ1v) is 8.82. The maximum Gasteiger partial charge on any atom is 0.229 e. The summed E-state index contributed by atoms with van der Waals surface area (Å²) >= 11 is 0. The number of amides is 1. The fourth-order valence-electron chi connectivity index (χ4n) is 3.49. The standard InChI is InChI=1S/C18H24N4O2/c1-11-6-9-14-16(19-11)22(13-4-3-5-13)17(20-14)21-15(23)10-18(2,24)12-7-8-12/h6,9,12-13,24H,3-5,7-8,10H2,1-2H3,(H,20,21,23). The van der Waals surface area contributed by atoms with Crippen molar-refractivity contribution in [1.29, 1.82) is 0 Å². The lowest BCUT2D eigenvalue weighted by Crippen LogP contribution is -2.33. The van der Waals surface area contributed by atoms with Crippen LogP contribution in [0.4, 0.5) is 5.95 Å². The molecule has 0 saturated heterocycles. The van der Waals surface area contributed by atoms with Gasteiger partial charge in [-0.15, -0.1) is 0 Å². The van der Waals surface area contributed by atoms with E-state index in [0.717, 1.165) is 42.5 Å². The van der Waals surface area contributed by atoms with Crippen molar-refractivity contribution in [2.24, 2.45) is 5.92 Å². The molecule has 2 aliphatic carbocycles. The number of anilines is 1. The molecule has 1 atom stereocenters. The first-order chi connectivity index (χ1) is 11.4. The van der Waals surface area contributed by atoms with Crippen LogP contribution < -0.4 is 5.32 Å². The molecule has 128 valence electrons. The molecule has 2 fully saturated rings. The normalized spacial score (nSPS) is 20.6. The van der Waals surface area contributed by atoms with Crippen LogP contribution in [0.15, 0.2) is 12.1 Å². The Hall–Kier alpha value is -1.95. The molecule has 0 spiro atoms. The van der Waals surface area contributed by atoms with Gasteiger partial charge in [-0.05, 0) is 64.0 Å². The number of nitrogens with one attached hydrogen (secondary N) is 1. The minimum absolute atomic E-state index is 0.109. The third kappa shape index (κ3) is 2.79. The maximum atomic E-state index is 12.4. The number of carbonyl (C=O) groups is 1. The number of pyridine rings is 1. The Morgan fingerprint density at radius 2 is 2.08 bits per heavy atom. The van der Waals surface area contributed by atoms with Gasteiger partial charge >= 0.3 is 0 Å². The summed E-state index contributed by atoms with van der Waals surface area (Å²) in [5, 5.41) is 13.3. The highest BCUT2D eigenvalue weighted by Crippen LogP contribution is 2.41. The van der Waals surface area contributed by atoms with Crippen LogP contribution in [0.25, 0.3) is 11.2 Å². The summed E-state index contributed by atoms with van der Waals surface area (Å²) in [6.45, 7) is 3.71. The molecular weight excluding hydrogens is 304 g/mol. The van der Waals surface area contributed by atoms with Crippen molar-refractivity contribution in [1.82, 2.24) is 14.5 Å². The molecule has 2 aromatic rings. The van der Waals surface area contributed by atoms with Crippen molar-refractivity contribution in [3.63, 3.8) is 0 Å². The lowest BCUT2D eigenvalue weighted by molar-refractivity contribution is -0.121. The number of hydrogen-bond donors (Lipinski definition) is 2. The van der Waals surface area contributed by atoms with Gasteiger partial charge < -0.3 is 5.11 Å². The average molecular weight is 328 g/mol. The number of aryl methyl sites for hydroxylation is 1. The van der Waals surface area contributed by atoms with E-state index < -0.39 is 5.60 Å². The van der Waals surface area contributed by atoms with Gasteiger partial charge in [0.15, 0.2) is 5.65 Å². The van der Waals surface area contributed by atoms with Gasteiger partial charge in [0, 0.05) is 11.7 Å². The van der Waals surface area contributed by atoms with E-state index in [9.17, 15) is 9.90 Å². The molecule has 6 heteroatoms. The van der Waals surface area contributed by atoms with Gasteiger partial charge in [-0.25, -0.2) is 9.97 Å². The van der Waals surface area contributed by atoms with Gasteiger partial charge in [0.05, 0.1) is 12.0 Å². The van der Waals surface area contributed by atoms with E-state index in [1.165, 1.54) is 6.42 Å². The summed E-state index contributed by atoms with van der Waals surface area (Å²) in [7, 11) is 0. The highest BCUT2D eigenvalue weighted by molar-refractivity contribution is 5.91. The number of carbonyl (C=O) groups excluding carboxylic acids is 1. The van der Waals surface area contributed by atoms with E-state index >= 15 is 0 Å². The molecule has 2 aromatic heterocycles. The van der Waals surface area contributed by atoms with Crippen molar-refractivity contribution in [2.45, 2.75) is 64.0 Å². The smallest absolute Gasteiger partial charge is 0.229 e. The Morgan fingerprint density at radius 1 is 1.33 bits per heavy atom. The number of fused-ring (bicyclic) bond motifs is 1. The fraction of sp³-hybridized carbons (Fsp3) is 0.611. The number of nitrogens with zero attached hydrogens (tertiary/aromatic N) is 3. The SMILES string of the molecule is Cc1ccc2nc(NC(=O)CC(C)(O)C3CC3)n(C3CCC3)c2n1. The van der Waals surface area contributed by atoms with Gasteiger partial charge in [-0.2, -0.15) is 0 Å². The summed E-state index contributed by atoms with van der Waals surface area (Å²) in [5.41, 5.74) is 1.66. The number of aromatic nitrogens is 3. The number of aliphatic hydroxyl groups is 1. The summed E-state index contributed by atoms with van der Waals surface area (Å²) in [5.74, 6) is 0.627. The zero-order valence-electron chi connectivity index (χ0n) is 14.2. The van der Waals surface area contributed by atoms with Crippen LogP contribution in [0.2, 0.25) is 0 Å². The van der Waals surface area contributed by atoms with Crippen molar-refractivity contribution in [3.05, 3.63) is 17.8 Å². The highest BCUT2D eigenvalue weighted by atomic mass is 16.3. The number of rotatable bonds is 5. The van der Waals surface area contributed by atoms with Gasteiger partial charge in [0.25, 0.3) is 0 Å². The minimum atomic E-state index is -0.924. The van der Waals surface area contributed by atoms with Crippen molar-refractivity contribution in [2.75, 3.05) is 5.32 Å². The lowest BCUT2D eigenvalue weighted by Gasteiger charge is -2.29. The van der Waals surface area contributed by atoms with Crippen LogP contribution in [0.5, 0.6) is 0 Å². The molecular formula is C18H24N4O2. The molecule has 0 bridgehead atoms. The van der Waals surface area contributed by atoms with Crippen LogP contribution in [-0.2, 0) is 4.79 Å². The zero-order valence-corrected chi connectivity index (χ0v) is 14.2. The quantitative estimate of drug-likeness (QED) is 0.884. The molecule has 1 unspecified atom stereocenters. The Labute approximate surface area is 141 Å². The van der Waals surface area contributed by atoms with Crippen molar-refractivity contribution >= 4 is 23.0 Å². The summed E-state index contributed by atoms with van der Waals surface area (Å²) < 4.78 is 2.07. The molecule has 2 aliphatic rings. The molecule has 1 amide bonds. The second kappa shape index (κ2) is 5.55. The Kier molecular flexibility index (Phi) is 3.60. The second-order valence-corrected chi connectivity index (χ2v) is 7.54. The highest BCUT2D eigenvalue weighted by Gasteiger charge is 2.41. The van der Waals surface area contributed by atoms with E-state index in [2.05, 4.69) is 19.9 Å². The molecule has 2 N–H and O–H groups in total. The molecule has 2 heterocycles. The summed E-state index contributed by atoms with van der Waals surface area (Å²) in [6, 6.07) is 4.23. The number of hydrogen-bond acceptors (Lipinski definition) is 4. The average Bonchev–Trinajstić information content (AvgIpc) is 3.24. The third-order valence-electron chi connectivity index (χ3n) is 5.34. The first kappa shape index (κ1) is 15.6. The molecule has 0 aromatic carbocycles. The van der Waals surface area contributed by atoms with E-state index in [0.29, 0.717) is 12.0 Å². The lowest BCUT2D eigenvalue weighted by atomic mass is 9.93. The molecule has 0 radical (unpaired) electrons. The van der Waals surface area contributed by atoms with Gasteiger partial charge in [0.2, 0.25) is 11.9 Å². The fourth-order valence-corrected chi connectivity index (χ4v) is 3.49. The molecule has 2 saturated carbocycles. The maximum absolute atomic E-state index is 12.4. The Morgan fingerprint density at radius 3 is 2.71 bits per heavy atom. The van der Waals surface area contributed by atoms with Crippen LogP contribution in [0.1, 0.15) is 57.2 Å². The molecule has 0 aliphatic heterocycles. The molecule has 24 heavy (non-hydrogen) atoms. The molecule has 6 nitrogen and oxygen atoms in total. The van der Waals surface area contributed by atoms with E-state index in [-0.39, 0.29) is 18.2 Å². The van der Waals surface area contributed by atoms with E-state index in [1.807, 2.05) is 19.1 Å². The predicted molar refractivity (Wildman–Crippen MR) is 91.7 cm³/mol. The molecule has 4 rings (SSSR count). The topological polar surface area (TPSA) is 80.0 Å². The van der Waals surface area contributed by atoms with Crippen LogP contribution >= 0.6 is 0 Å². The summed E-state index contributed by atoms with van der Waals surface area (Å²) in [6.07, 6.45) is 5.49. The second-order valence-electron chi connectivity index (χ2n) is 7.54. The van der Waals surface area contributed by atoms with Crippen LogP contribution in [0, 0.1) is 12.8 Å². The Bertz CT molecular complexity index is 788.